The maximum absolute atomic E-state index is 12.7. The van der Waals surface area contributed by atoms with E-state index in [4.69, 9.17) is 0 Å². The monoisotopic (exact) mass is 271 g/mol. The lowest BCUT2D eigenvalue weighted by atomic mass is 9.95. The minimum Gasteiger partial charge on any atom is -0.310 e. The number of rotatable bonds is 5. The molecule has 0 radical (unpaired) electrons. The number of benzene rings is 1. The van der Waals surface area contributed by atoms with Gasteiger partial charge in [0.25, 0.3) is 0 Å². The second kappa shape index (κ2) is 5.53. The summed E-state index contributed by atoms with van der Waals surface area (Å²) < 4.78 is 38.0. The zero-order valence-corrected chi connectivity index (χ0v) is 11.3. The molecular weight excluding hydrogens is 251 g/mol. The van der Waals surface area contributed by atoms with Gasteiger partial charge in [-0.25, -0.2) is 0 Å². The van der Waals surface area contributed by atoms with E-state index in [1.54, 1.807) is 13.0 Å². The molecule has 1 nitrogen and oxygen atoms in total. The van der Waals surface area contributed by atoms with Gasteiger partial charge in [0.2, 0.25) is 0 Å². The summed E-state index contributed by atoms with van der Waals surface area (Å²) in [7, 11) is 0. The Balaban J connectivity index is 2.23. The van der Waals surface area contributed by atoms with Crippen LogP contribution in [0.15, 0.2) is 18.2 Å². The summed E-state index contributed by atoms with van der Waals surface area (Å²) in [6.45, 7) is 4.77. The molecule has 1 aliphatic rings. The number of hydrogen-bond acceptors (Lipinski definition) is 1. The number of nitrogens with one attached hydrogen (secondary N) is 1. The fourth-order valence-electron chi connectivity index (χ4n) is 2.46. The van der Waals surface area contributed by atoms with Crippen LogP contribution in [0.5, 0.6) is 0 Å². The Morgan fingerprint density at radius 1 is 1.32 bits per heavy atom. The van der Waals surface area contributed by atoms with Gasteiger partial charge < -0.3 is 5.32 Å². The average Bonchev–Trinajstić information content (AvgIpc) is 3.14. The van der Waals surface area contributed by atoms with Gasteiger partial charge in [0, 0.05) is 6.04 Å². The van der Waals surface area contributed by atoms with Crippen molar-refractivity contribution >= 4 is 0 Å². The molecule has 1 aromatic carbocycles. The van der Waals surface area contributed by atoms with Crippen LogP contribution in [-0.4, -0.2) is 6.54 Å². The lowest BCUT2D eigenvalue weighted by molar-refractivity contribution is -0.137. The van der Waals surface area contributed by atoms with Crippen molar-refractivity contribution in [1.82, 2.24) is 5.32 Å². The van der Waals surface area contributed by atoms with E-state index in [0.717, 1.165) is 24.1 Å². The van der Waals surface area contributed by atoms with Crippen LogP contribution in [-0.2, 0) is 6.18 Å². The van der Waals surface area contributed by atoms with E-state index in [-0.39, 0.29) is 6.04 Å². The quantitative estimate of drug-likeness (QED) is 0.833. The lowest BCUT2D eigenvalue weighted by Crippen LogP contribution is -2.24. The van der Waals surface area contributed by atoms with Crippen molar-refractivity contribution in [3.63, 3.8) is 0 Å². The van der Waals surface area contributed by atoms with Crippen LogP contribution in [0.25, 0.3) is 0 Å². The summed E-state index contributed by atoms with van der Waals surface area (Å²) >= 11 is 0. The topological polar surface area (TPSA) is 12.0 Å². The van der Waals surface area contributed by atoms with Crippen LogP contribution in [0.1, 0.15) is 48.9 Å². The highest BCUT2D eigenvalue weighted by molar-refractivity contribution is 5.35. The molecule has 0 heterocycles. The van der Waals surface area contributed by atoms with Gasteiger partial charge in [-0.1, -0.05) is 13.0 Å². The maximum Gasteiger partial charge on any atom is 0.416 e. The third-order valence-corrected chi connectivity index (χ3v) is 3.64. The molecule has 0 aliphatic heterocycles. The van der Waals surface area contributed by atoms with Gasteiger partial charge in [0.1, 0.15) is 0 Å². The first-order chi connectivity index (χ1) is 8.93. The van der Waals surface area contributed by atoms with Crippen LogP contribution in [0.2, 0.25) is 0 Å². The summed E-state index contributed by atoms with van der Waals surface area (Å²) in [5.74, 6) is 0.585. The zero-order valence-electron chi connectivity index (χ0n) is 11.3. The van der Waals surface area contributed by atoms with Crippen molar-refractivity contribution in [3.8, 4) is 0 Å². The molecule has 4 heteroatoms. The Morgan fingerprint density at radius 2 is 2.00 bits per heavy atom. The molecule has 106 valence electrons. The Hall–Kier alpha value is -1.03. The second-order valence-electron chi connectivity index (χ2n) is 5.34. The van der Waals surface area contributed by atoms with E-state index in [2.05, 4.69) is 12.2 Å². The molecular formula is C15H20F3N. The Kier molecular flexibility index (Phi) is 4.19. The van der Waals surface area contributed by atoms with Gasteiger partial charge in [-0.15, -0.1) is 0 Å². The van der Waals surface area contributed by atoms with Crippen LogP contribution < -0.4 is 5.32 Å². The van der Waals surface area contributed by atoms with Crippen LogP contribution in [0.4, 0.5) is 13.2 Å². The van der Waals surface area contributed by atoms with E-state index in [1.807, 2.05) is 0 Å². The standard InChI is InChI=1S/C15H20F3N/c1-3-8-19-14(11-4-5-11)13-7-6-12(9-10(13)2)15(16,17)18/h6-7,9,11,14,19H,3-5,8H2,1-2H3. The van der Waals surface area contributed by atoms with E-state index in [0.29, 0.717) is 5.92 Å². The molecule has 0 spiro atoms. The highest BCUT2D eigenvalue weighted by Crippen LogP contribution is 2.42. The van der Waals surface area contributed by atoms with Gasteiger partial charge in [0.05, 0.1) is 5.56 Å². The minimum absolute atomic E-state index is 0.210. The Bertz CT molecular complexity index is 436. The van der Waals surface area contributed by atoms with Crippen molar-refractivity contribution in [2.45, 2.75) is 45.3 Å². The molecule has 1 unspecified atom stereocenters. The summed E-state index contributed by atoms with van der Waals surface area (Å²) in [6.07, 6.45) is -0.887. The molecule has 19 heavy (non-hydrogen) atoms. The molecule has 1 aliphatic carbocycles. The molecule has 1 atom stereocenters. The third-order valence-electron chi connectivity index (χ3n) is 3.64. The van der Waals surface area contributed by atoms with Crippen molar-refractivity contribution in [2.75, 3.05) is 6.54 Å². The second-order valence-corrected chi connectivity index (χ2v) is 5.34. The number of halogens is 3. The maximum atomic E-state index is 12.7. The van der Waals surface area contributed by atoms with Gasteiger partial charge >= 0.3 is 6.18 Å². The first kappa shape index (κ1) is 14.4. The molecule has 0 aromatic heterocycles. The van der Waals surface area contributed by atoms with E-state index < -0.39 is 11.7 Å². The highest BCUT2D eigenvalue weighted by Gasteiger charge is 2.34. The molecule has 0 bridgehead atoms. The van der Waals surface area contributed by atoms with Gasteiger partial charge in [-0.2, -0.15) is 13.2 Å². The van der Waals surface area contributed by atoms with Gasteiger partial charge in [-0.3, -0.25) is 0 Å². The van der Waals surface area contributed by atoms with Crippen LogP contribution in [0.3, 0.4) is 0 Å². The predicted octanol–water partition coefficient (Wildman–Crippen LogP) is 4.46. The predicted molar refractivity (Wildman–Crippen MR) is 69.9 cm³/mol. The van der Waals surface area contributed by atoms with E-state index in [9.17, 15) is 13.2 Å². The molecule has 0 amide bonds. The third kappa shape index (κ3) is 3.50. The van der Waals surface area contributed by atoms with E-state index >= 15 is 0 Å². The Morgan fingerprint density at radius 3 is 2.47 bits per heavy atom. The zero-order chi connectivity index (χ0) is 14.0. The number of hydrogen-bond donors (Lipinski definition) is 1. The molecule has 0 saturated heterocycles. The number of alkyl halides is 3. The fourth-order valence-corrected chi connectivity index (χ4v) is 2.46. The Labute approximate surface area is 112 Å². The first-order valence-electron chi connectivity index (χ1n) is 6.84. The van der Waals surface area contributed by atoms with Crippen molar-refractivity contribution in [2.24, 2.45) is 5.92 Å². The summed E-state index contributed by atoms with van der Waals surface area (Å²) in [5, 5.41) is 3.47. The van der Waals surface area contributed by atoms with Crippen LogP contribution >= 0.6 is 0 Å². The molecule has 1 saturated carbocycles. The molecule has 1 aromatic rings. The summed E-state index contributed by atoms with van der Waals surface area (Å²) in [6, 6.07) is 4.32. The smallest absolute Gasteiger partial charge is 0.310 e. The first-order valence-corrected chi connectivity index (χ1v) is 6.84. The normalized spacial score (nSPS) is 17.5. The van der Waals surface area contributed by atoms with Gasteiger partial charge in [-0.05, 0) is 61.9 Å². The largest absolute Gasteiger partial charge is 0.416 e. The lowest BCUT2D eigenvalue weighted by Gasteiger charge is -2.21. The number of aryl methyl sites for hydroxylation is 1. The average molecular weight is 271 g/mol. The SMILES string of the molecule is CCCNC(c1ccc(C(F)(F)F)cc1C)C1CC1. The minimum atomic E-state index is -4.25. The summed E-state index contributed by atoms with van der Waals surface area (Å²) in [4.78, 5) is 0. The molecule has 1 fully saturated rings. The fraction of sp³-hybridized carbons (Fsp3) is 0.600. The molecule has 1 N–H and O–H groups in total. The molecule has 2 rings (SSSR count). The highest BCUT2D eigenvalue weighted by atomic mass is 19.4. The van der Waals surface area contributed by atoms with Crippen molar-refractivity contribution < 1.29 is 13.2 Å². The van der Waals surface area contributed by atoms with Gasteiger partial charge in [0.15, 0.2) is 0 Å². The van der Waals surface area contributed by atoms with Crippen LogP contribution in [0, 0.1) is 12.8 Å². The van der Waals surface area contributed by atoms with Crippen molar-refractivity contribution in [3.05, 3.63) is 34.9 Å². The van der Waals surface area contributed by atoms with E-state index in [1.165, 1.54) is 25.0 Å². The summed E-state index contributed by atoms with van der Waals surface area (Å²) in [5.41, 5.74) is 1.19. The van der Waals surface area contributed by atoms with Crippen molar-refractivity contribution in [1.29, 1.82) is 0 Å².